The monoisotopic (exact) mass is 617 g/mol. The lowest BCUT2D eigenvalue weighted by molar-refractivity contribution is 0.669. The molecule has 0 amide bonds. The maximum atomic E-state index is 6.29. The van der Waals surface area contributed by atoms with Gasteiger partial charge in [-0.1, -0.05) is 91.0 Å². The third-order valence-corrected chi connectivity index (χ3v) is 10.6. The van der Waals surface area contributed by atoms with Crippen LogP contribution >= 0.6 is 11.3 Å². The van der Waals surface area contributed by atoms with Crippen LogP contribution in [0.3, 0.4) is 0 Å². The molecule has 4 aromatic heterocycles. The molecule has 0 atom stereocenters. The van der Waals surface area contributed by atoms with Crippen molar-refractivity contribution >= 4 is 96.9 Å². The molecule has 4 heterocycles. The number of hydrogen-bond donors (Lipinski definition) is 0. The van der Waals surface area contributed by atoms with Crippen LogP contribution in [0.4, 0.5) is 0 Å². The van der Waals surface area contributed by atoms with E-state index in [4.69, 9.17) is 14.4 Å². The van der Waals surface area contributed by atoms with Crippen molar-refractivity contribution in [3.05, 3.63) is 140 Å². The number of rotatable bonds is 2. The Labute approximate surface area is 271 Å². The molecule has 218 valence electrons. The first-order chi connectivity index (χ1) is 23.3. The number of fused-ring (bicyclic) bond motifs is 11. The van der Waals surface area contributed by atoms with Gasteiger partial charge in [0, 0.05) is 37.2 Å². The molecule has 0 bridgehead atoms. The number of hydrogen-bond acceptors (Lipinski definition) is 4. The lowest BCUT2D eigenvalue weighted by Crippen LogP contribution is -2.02. The first-order valence-corrected chi connectivity index (χ1v) is 16.6. The van der Waals surface area contributed by atoms with Crippen LogP contribution in [0.2, 0.25) is 0 Å². The first-order valence-electron chi connectivity index (χ1n) is 15.7. The van der Waals surface area contributed by atoms with Crippen molar-refractivity contribution in [1.29, 1.82) is 0 Å². The van der Waals surface area contributed by atoms with Crippen LogP contribution in [0.1, 0.15) is 0 Å². The topological polar surface area (TPSA) is 43.9 Å². The van der Waals surface area contributed by atoms with Crippen LogP contribution in [0.15, 0.2) is 144 Å². The summed E-state index contributed by atoms with van der Waals surface area (Å²) in [5, 5.41) is 11.7. The van der Waals surface area contributed by atoms with Gasteiger partial charge < -0.3 is 4.42 Å². The Bertz CT molecular complexity index is 3000. The average molecular weight is 618 g/mol. The molecule has 0 saturated carbocycles. The maximum absolute atomic E-state index is 6.29. The van der Waals surface area contributed by atoms with E-state index in [-0.39, 0.29) is 0 Å². The molecule has 0 fully saturated rings. The average Bonchev–Trinajstić information content (AvgIpc) is 3.78. The van der Waals surface area contributed by atoms with E-state index in [0.717, 1.165) is 54.6 Å². The molecule has 4 nitrogen and oxygen atoms in total. The first kappa shape index (κ1) is 25.2. The number of aromatic nitrogens is 3. The lowest BCUT2D eigenvalue weighted by Gasteiger charge is -2.12. The van der Waals surface area contributed by atoms with Crippen molar-refractivity contribution in [2.75, 3.05) is 0 Å². The minimum absolute atomic E-state index is 0.679. The highest BCUT2D eigenvalue weighted by molar-refractivity contribution is 7.25. The normalized spacial score (nSPS) is 12.3. The van der Waals surface area contributed by atoms with Gasteiger partial charge in [0.25, 0.3) is 0 Å². The SMILES string of the molecule is c1ccc2cc3c(cc2c1)c1cc2ccccc2cc1n3-c1nc(-c2ccc3c(c2)oc2ccccc23)nc2sc3ccccc3c12. The van der Waals surface area contributed by atoms with Crippen molar-refractivity contribution in [3.8, 4) is 17.2 Å². The summed E-state index contributed by atoms with van der Waals surface area (Å²) in [5.74, 6) is 1.57. The Morgan fingerprint density at radius 3 is 1.81 bits per heavy atom. The van der Waals surface area contributed by atoms with Crippen molar-refractivity contribution < 1.29 is 4.42 Å². The molecule has 0 N–H and O–H groups in total. The Hall–Kier alpha value is -6.04. The van der Waals surface area contributed by atoms with Gasteiger partial charge in [0.05, 0.1) is 16.4 Å². The molecule has 0 aliphatic rings. The van der Waals surface area contributed by atoms with Crippen molar-refractivity contribution in [1.82, 2.24) is 14.5 Å². The Morgan fingerprint density at radius 2 is 1.09 bits per heavy atom. The number of thiophene rings is 1. The molecular formula is C42H23N3OS. The summed E-state index contributed by atoms with van der Waals surface area (Å²) in [6.45, 7) is 0. The minimum Gasteiger partial charge on any atom is -0.456 e. The molecule has 0 spiro atoms. The summed E-state index contributed by atoms with van der Waals surface area (Å²) in [5.41, 5.74) is 4.89. The van der Waals surface area contributed by atoms with Gasteiger partial charge in [-0.25, -0.2) is 9.97 Å². The maximum Gasteiger partial charge on any atom is 0.163 e. The molecule has 0 saturated heterocycles. The Kier molecular flexibility index (Phi) is 4.96. The summed E-state index contributed by atoms with van der Waals surface area (Å²) in [4.78, 5) is 11.7. The molecular weight excluding hydrogens is 595 g/mol. The van der Waals surface area contributed by atoms with E-state index in [2.05, 4.69) is 126 Å². The fourth-order valence-electron chi connectivity index (χ4n) is 7.38. The highest BCUT2D eigenvalue weighted by Gasteiger charge is 2.22. The molecule has 11 aromatic rings. The zero-order valence-corrected chi connectivity index (χ0v) is 25.8. The smallest absolute Gasteiger partial charge is 0.163 e. The fraction of sp³-hybridized carbons (Fsp3) is 0. The van der Waals surface area contributed by atoms with Crippen LogP contribution in [0.25, 0.3) is 103 Å². The second kappa shape index (κ2) is 9.25. The van der Waals surface area contributed by atoms with Gasteiger partial charge in [-0.3, -0.25) is 4.57 Å². The van der Waals surface area contributed by atoms with Crippen molar-refractivity contribution in [2.45, 2.75) is 0 Å². The van der Waals surface area contributed by atoms with Gasteiger partial charge in [-0.2, -0.15) is 0 Å². The Morgan fingerprint density at radius 1 is 0.489 bits per heavy atom. The van der Waals surface area contributed by atoms with Crippen LogP contribution < -0.4 is 0 Å². The third-order valence-electron chi connectivity index (χ3n) is 9.57. The van der Waals surface area contributed by atoms with Crippen LogP contribution in [-0.2, 0) is 0 Å². The Balaban J connectivity index is 1.29. The number of benzene rings is 7. The predicted molar refractivity (Wildman–Crippen MR) is 197 cm³/mol. The van der Waals surface area contributed by atoms with Gasteiger partial charge >= 0.3 is 0 Å². The second-order valence-electron chi connectivity index (χ2n) is 12.2. The quantitative estimate of drug-likeness (QED) is 0.194. The van der Waals surface area contributed by atoms with Crippen LogP contribution in [0, 0.1) is 0 Å². The van der Waals surface area contributed by atoms with E-state index in [9.17, 15) is 0 Å². The zero-order valence-electron chi connectivity index (χ0n) is 24.9. The molecule has 7 aromatic carbocycles. The van der Waals surface area contributed by atoms with Gasteiger partial charge in [-0.05, 0) is 70.1 Å². The highest BCUT2D eigenvalue weighted by atomic mass is 32.1. The van der Waals surface area contributed by atoms with Gasteiger partial charge in [0.1, 0.15) is 16.0 Å². The summed E-state index contributed by atoms with van der Waals surface area (Å²) in [6, 6.07) is 49.6. The molecule has 47 heavy (non-hydrogen) atoms. The standard InChI is InChI=1S/C42H23N3OS/c1-3-11-26-21-34-32(19-24(26)9-1)33-20-25-10-2-4-12-27(25)22-35(33)45(34)41-39-31-14-6-8-16-38(31)47-42(39)44-40(43-41)28-17-18-30-29-13-5-7-15-36(29)46-37(30)23-28/h1-23H. The second-order valence-corrected chi connectivity index (χ2v) is 13.3. The number of nitrogens with zero attached hydrogens (tertiary/aromatic N) is 3. The molecule has 0 radical (unpaired) electrons. The molecule has 0 aliphatic carbocycles. The summed E-state index contributed by atoms with van der Waals surface area (Å²) in [7, 11) is 0. The van der Waals surface area contributed by atoms with Crippen molar-refractivity contribution in [3.63, 3.8) is 0 Å². The third kappa shape index (κ3) is 3.57. The highest BCUT2D eigenvalue weighted by Crippen LogP contribution is 2.42. The summed E-state index contributed by atoms with van der Waals surface area (Å²) in [6.07, 6.45) is 0. The van der Waals surface area contributed by atoms with Gasteiger partial charge in [0.15, 0.2) is 11.6 Å². The lowest BCUT2D eigenvalue weighted by atomic mass is 10.0. The van der Waals surface area contributed by atoms with E-state index >= 15 is 0 Å². The largest absolute Gasteiger partial charge is 0.456 e. The number of furan rings is 1. The van der Waals surface area contributed by atoms with Gasteiger partial charge in [0.2, 0.25) is 0 Å². The molecule has 11 rings (SSSR count). The summed E-state index contributed by atoms with van der Waals surface area (Å²) < 4.78 is 9.86. The zero-order chi connectivity index (χ0) is 30.6. The predicted octanol–water partition coefficient (Wildman–Crippen LogP) is 11.8. The van der Waals surface area contributed by atoms with E-state index < -0.39 is 0 Å². The molecule has 0 unspecified atom stereocenters. The van der Waals surface area contributed by atoms with Gasteiger partial charge in [-0.15, -0.1) is 11.3 Å². The van der Waals surface area contributed by atoms with E-state index in [1.165, 1.54) is 42.4 Å². The van der Waals surface area contributed by atoms with E-state index in [0.29, 0.717) is 5.82 Å². The minimum atomic E-state index is 0.679. The summed E-state index contributed by atoms with van der Waals surface area (Å²) >= 11 is 1.72. The van der Waals surface area contributed by atoms with Crippen LogP contribution in [0.5, 0.6) is 0 Å². The van der Waals surface area contributed by atoms with Crippen LogP contribution in [-0.4, -0.2) is 14.5 Å². The van der Waals surface area contributed by atoms with Crippen molar-refractivity contribution in [2.24, 2.45) is 0 Å². The fourth-order valence-corrected chi connectivity index (χ4v) is 8.45. The van der Waals surface area contributed by atoms with E-state index in [1.54, 1.807) is 11.3 Å². The molecule has 5 heteroatoms. The number of para-hydroxylation sites is 1. The molecule has 0 aliphatic heterocycles. The van der Waals surface area contributed by atoms with E-state index in [1.807, 2.05) is 18.2 Å².